The molecule has 0 aromatic heterocycles. The summed E-state index contributed by atoms with van der Waals surface area (Å²) in [5, 5.41) is 20.3. The van der Waals surface area contributed by atoms with Crippen LogP contribution in [-0.4, -0.2) is 37.8 Å². The van der Waals surface area contributed by atoms with Crippen molar-refractivity contribution in [1.29, 1.82) is 0 Å². The fraction of sp³-hybridized carbons (Fsp3) is 0.875. The average molecular weight is 477 g/mol. The third-order valence-electron chi connectivity index (χ3n) is 4.36. The molecule has 0 aromatic rings. The number of hydrogen-bond donors (Lipinski definition) is 0. The number of carboxylic acids is 2. The van der Waals surface area contributed by atoms with Crippen molar-refractivity contribution >= 4 is 37.8 Å². The number of halogens is 1. The van der Waals surface area contributed by atoms with E-state index in [0.29, 0.717) is 11.8 Å². The summed E-state index contributed by atoms with van der Waals surface area (Å²) in [5.41, 5.74) is 0. The van der Waals surface area contributed by atoms with Crippen molar-refractivity contribution in [2.24, 2.45) is 11.8 Å². The molecule has 0 unspecified atom stereocenters. The van der Waals surface area contributed by atoms with E-state index in [9.17, 15) is 19.8 Å². The molecule has 2 aliphatic carbocycles. The molecule has 0 spiro atoms. The van der Waals surface area contributed by atoms with E-state index in [1.807, 2.05) is 0 Å². The van der Waals surface area contributed by atoms with Gasteiger partial charge in [-0.25, -0.2) is 0 Å². The predicted molar refractivity (Wildman–Crippen MR) is 78.2 cm³/mol. The molecule has 0 heterocycles. The van der Waals surface area contributed by atoms with Gasteiger partial charge in [0.2, 0.25) is 0 Å². The molecular weight excluding hydrogens is 451 g/mol. The molecule has 2 fully saturated rings. The Hall–Kier alpha value is 0.290. The van der Waals surface area contributed by atoms with Gasteiger partial charge in [-0.1, -0.05) is 64.2 Å². The Labute approximate surface area is 163 Å². The normalized spacial score (nSPS) is 18.9. The minimum atomic E-state index is -0.882. The van der Waals surface area contributed by atoms with Crippen LogP contribution in [0.4, 0.5) is 0 Å². The van der Waals surface area contributed by atoms with Gasteiger partial charge in [-0.15, -0.1) is 0 Å². The standard InChI is InChI=1S/2C8H14O2.BrH.In/c2*9-8(10)6-7-4-2-1-3-5-7;;/h2*7H,1-6H2,(H,9,10);1H;/q;;;+3/p-3. The number of carbonyl (C=O) groups is 2. The Morgan fingerprint density at radius 3 is 1.18 bits per heavy atom. The van der Waals surface area contributed by atoms with Gasteiger partial charge in [0, 0.05) is 11.9 Å². The van der Waals surface area contributed by atoms with E-state index >= 15 is 0 Å². The number of carboxylic acid groups (broad SMARTS) is 2. The molecule has 0 aromatic carbocycles. The first-order valence-corrected chi connectivity index (χ1v) is 7.97. The predicted octanol–water partition coefficient (Wildman–Crippen LogP) is -1.96. The third kappa shape index (κ3) is 12.8. The molecule has 4 nitrogen and oxygen atoms in total. The third-order valence-corrected chi connectivity index (χ3v) is 4.36. The summed E-state index contributed by atoms with van der Waals surface area (Å²) in [5.74, 6) is -0.934. The second-order valence-corrected chi connectivity index (χ2v) is 6.16. The van der Waals surface area contributed by atoms with E-state index in [2.05, 4.69) is 0 Å². The Bertz CT molecular complexity index is 271. The van der Waals surface area contributed by atoms with Crippen LogP contribution >= 0.6 is 0 Å². The Morgan fingerprint density at radius 1 is 0.682 bits per heavy atom. The molecule has 2 saturated carbocycles. The summed E-state index contributed by atoms with van der Waals surface area (Å²) in [7, 11) is 0. The molecule has 6 heteroatoms. The Kier molecular flexibility index (Phi) is 16.6. The fourth-order valence-electron chi connectivity index (χ4n) is 3.25. The van der Waals surface area contributed by atoms with Crippen molar-refractivity contribution in [1.82, 2.24) is 0 Å². The quantitative estimate of drug-likeness (QED) is 0.472. The first-order valence-electron chi connectivity index (χ1n) is 7.97. The smallest absolute Gasteiger partial charge is 1.00 e. The van der Waals surface area contributed by atoms with Crippen LogP contribution in [0, 0.1) is 11.8 Å². The van der Waals surface area contributed by atoms with Crippen molar-refractivity contribution in [2.45, 2.75) is 77.0 Å². The van der Waals surface area contributed by atoms with Gasteiger partial charge >= 0.3 is 25.8 Å². The maximum atomic E-state index is 10.2. The molecule has 124 valence electrons. The van der Waals surface area contributed by atoms with Crippen molar-refractivity contribution in [3.8, 4) is 0 Å². The van der Waals surface area contributed by atoms with Crippen LogP contribution in [0.25, 0.3) is 0 Å². The zero-order valence-electron chi connectivity index (χ0n) is 13.2. The van der Waals surface area contributed by atoms with Gasteiger partial charge in [0.15, 0.2) is 0 Å². The molecule has 0 radical (unpaired) electrons. The summed E-state index contributed by atoms with van der Waals surface area (Å²) in [6, 6.07) is 0. The van der Waals surface area contributed by atoms with Gasteiger partial charge in [0.05, 0.1) is 0 Å². The molecule has 0 saturated heterocycles. The number of carbonyl (C=O) groups excluding carboxylic acids is 2. The average Bonchev–Trinajstić information content (AvgIpc) is 2.40. The molecule has 22 heavy (non-hydrogen) atoms. The van der Waals surface area contributed by atoms with Crippen LogP contribution in [0.15, 0.2) is 0 Å². The number of rotatable bonds is 4. The first-order chi connectivity index (χ1) is 9.58. The molecule has 0 bridgehead atoms. The first kappa shape index (κ1) is 24.5. The molecule has 2 rings (SSSR count). The summed E-state index contributed by atoms with van der Waals surface area (Å²) < 4.78 is 0. The zero-order chi connectivity index (χ0) is 14.8. The maximum Gasteiger partial charge on any atom is 3.00 e. The molecule has 0 atom stereocenters. The second kappa shape index (κ2) is 14.9. The van der Waals surface area contributed by atoms with Gasteiger partial charge in [-0.05, 0) is 24.7 Å². The summed E-state index contributed by atoms with van der Waals surface area (Å²) in [6.07, 6.45) is 12.3. The van der Waals surface area contributed by atoms with Crippen LogP contribution in [-0.2, 0) is 9.59 Å². The molecule has 0 N–H and O–H groups in total. The number of hydrogen-bond acceptors (Lipinski definition) is 4. The minimum absolute atomic E-state index is 0. The van der Waals surface area contributed by atoms with Gasteiger partial charge < -0.3 is 36.8 Å². The minimum Gasteiger partial charge on any atom is -1.00 e. The van der Waals surface area contributed by atoms with E-state index in [4.69, 9.17) is 0 Å². The van der Waals surface area contributed by atoms with Gasteiger partial charge in [-0.2, -0.15) is 0 Å². The van der Waals surface area contributed by atoms with Gasteiger partial charge in [0.1, 0.15) is 0 Å². The van der Waals surface area contributed by atoms with Crippen LogP contribution in [0.3, 0.4) is 0 Å². The van der Waals surface area contributed by atoms with Gasteiger partial charge in [0.25, 0.3) is 0 Å². The van der Waals surface area contributed by atoms with Gasteiger partial charge in [-0.3, -0.25) is 0 Å². The van der Waals surface area contributed by atoms with Crippen LogP contribution in [0.1, 0.15) is 77.0 Å². The van der Waals surface area contributed by atoms with Crippen molar-refractivity contribution in [3.63, 3.8) is 0 Å². The van der Waals surface area contributed by atoms with E-state index in [-0.39, 0.29) is 55.7 Å². The van der Waals surface area contributed by atoms with Crippen molar-refractivity contribution < 1.29 is 36.8 Å². The van der Waals surface area contributed by atoms with E-state index in [1.54, 1.807) is 0 Å². The van der Waals surface area contributed by atoms with Crippen molar-refractivity contribution in [3.05, 3.63) is 0 Å². The molecular formula is C16H26BrInO4. The topological polar surface area (TPSA) is 80.3 Å². The maximum absolute atomic E-state index is 10.2. The number of aliphatic carboxylic acids is 2. The van der Waals surface area contributed by atoms with Crippen LogP contribution in [0.5, 0.6) is 0 Å². The van der Waals surface area contributed by atoms with Crippen LogP contribution in [0.2, 0.25) is 0 Å². The Morgan fingerprint density at radius 2 is 0.955 bits per heavy atom. The molecule has 0 aliphatic heterocycles. The largest absolute Gasteiger partial charge is 3.00 e. The summed E-state index contributed by atoms with van der Waals surface area (Å²) >= 11 is 0. The van der Waals surface area contributed by atoms with Crippen LogP contribution < -0.4 is 27.2 Å². The monoisotopic (exact) mass is 476 g/mol. The molecule has 2 aliphatic rings. The summed E-state index contributed by atoms with van der Waals surface area (Å²) in [6.45, 7) is 0. The second-order valence-electron chi connectivity index (χ2n) is 6.16. The van der Waals surface area contributed by atoms with Crippen molar-refractivity contribution in [2.75, 3.05) is 0 Å². The summed E-state index contributed by atoms with van der Waals surface area (Å²) in [4.78, 5) is 20.3. The Balaban J connectivity index is 0. The van der Waals surface area contributed by atoms with E-state index < -0.39 is 11.9 Å². The molecule has 0 amide bonds. The zero-order valence-corrected chi connectivity index (χ0v) is 18.1. The fourth-order valence-corrected chi connectivity index (χ4v) is 3.25. The SMILES string of the molecule is O=C([O-])CC1CCCCC1.O=C([O-])CC1CCCCC1.[Br-].[In+3]. The van der Waals surface area contributed by atoms with E-state index in [0.717, 1.165) is 25.7 Å². The van der Waals surface area contributed by atoms with E-state index in [1.165, 1.54) is 38.5 Å².